The Kier molecular flexibility index (Phi) is 3.42. The Labute approximate surface area is 92.9 Å². The van der Waals surface area contributed by atoms with Gasteiger partial charge in [-0.25, -0.2) is 0 Å². The van der Waals surface area contributed by atoms with E-state index in [2.05, 4.69) is 49.5 Å². The van der Waals surface area contributed by atoms with Gasteiger partial charge in [-0.15, -0.1) is 0 Å². The lowest BCUT2D eigenvalue weighted by atomic mass is 10.1. The molecular formula is C14H21N. The molecule has 1 aliphatic carbocycles. The first-order valence-electron chi connectivity index (χ1n) is 6.09. The summed E-state index contributed by atoms with van der Waals surface area (Å²) in [6, 6.07) is 11.6. The van der Waals surface area contributed by atoms with Gasteiger partial charge in [-0.2, -0.15) is 0 Å². The number of hydrogen-bond donors (Lipinski definition) is 1. The Balaban J connectivity index is 1.77. The maximum Gasteiger partial charge on any atom is 0.0143 e. The molecule has 15 heavy (non-hydrogen) atoms. The van der Waals surface area contributed by atoms with Crippen molar-refractivity contribution in [3.63, 3.8) is 0 Å². The summed E-state index contributed by atoms with van der Waals surface area (Å²) in [6.07, 6.45) is 2.59. The molecule has 0 aliphatic heterocycles. The van der Waals surface area contributed by atoms with Gasteiger partial charge in [-0.05, 0) is 24.4 Å². The molecule has 0 amide bonds. The smallest absolute Gasteiger partial charge is 0.0143 e. The molecule has 1 fully saturated rings. The van der Waals surface area contributed by atoms with E-state index in [1.165, 1.54) is 24.9 Å². The molecule has 0 spiro atoms. The Morgan fingerprint density at radius 2 is 2.07 bits per heavy atom. The van der Waals surface area contributed by atoms with Gasteiger partial charge in [0.05, 0.1) is 0 Å². The van der Waals surface area contributed by atoms with Crippen LogP contribution in [0.1, 0.15) is 38.2 Å². The molecule has 0 bridgehead atoms. The van der Waals surface area contributed by atoms with E-state index < -0.39 is 0 Å². The predicted octanol–water partition coefficient (Wildman–Crippen LogP) is 3.18. The third kappa shape index (κ3) is 2.82. The Morgan fingerprint density at radius 3 is 2.73 bits per heavy atom. The molecule has 0 aromatic heterocycles. The van der Waals surface area contributed by atoms with Crippen molar-refractivity contribution in [1.29, 1.82) is 0 Å². The molecular weight excluding hydrogens is 182 g/mol. The Morgan fingerprint density at radius 1 is 1.33 bits per heavy atom. The summed E-state index contributed by atoms with van der Waals surface area (Å²) in [7, 11) is 0. The van der Waals surface area contributed by atoms with Gasteiger partial charge >= 0.3 is 0 Å². The van der Waals surface area contributed by atoms with Crippen LogP contribution in [0, 0.1) is 5.92 Å². The standard InChI is InChI=1S/C14H21N/c1-3-11(2)10-15-14-9-13(14)12-7-5-4-6-8-12/h4-8,11,13-15H,3,9-10H2,1-2H3. The summed E-state index contributed by atoms with van der Waals surface area (Å²) in [5, 5.41) is 3.66. The van der Waals surface area contributed by atoms with Crippen LogP contribution in [-0.4, -0.2) is 12.6 Å². The quantitative estimate of drug-likeness (QED) is 0.775. The minimum absolute atomic E-state index is 0.737. The van der Waals surface area contributed by atoms with Crippen LogP contribution in [0.2, 0.25) is 0 Å². The molecule has 1 heteroatoms. The van der Waals surface area contributed by atoms with Gasteiger partial charge in [-0.1, -0.05) is 50.6 Å². The van der Waals surface area contributed by atoms with Gasteiger partial charge in [0.25, 0.3) is 0 Å². The fourth-order valence-electron chi connectivity index (χ4n) is 1.99. The van der Waals surface area contributed by atoms with E-state index in [1.54, 1.807) is 0 Å². The molecule has 0 radical (unpaired) electrons. The van der Waals surface area contributed by atoms with Crippen LogP contribution >= 0.6 is 0 Å². The second-order valence-electron chi connectivity index (χ2n) is 4.78. The number of benzene rings is 1. The summed E-state index contributed by atoms with van der Waals surface area (Å²) in [4.78, 5) is 0. The molecule has 1 N–H and O–H groups in total. The second-order valence-corrected chi connectivity index (χ2v) is 4.78. The molecule has 1 aliphatic rings. The highest BCUT2D eigenvalue weighted by atomic mass is 15.0. The highest BCUT2D eigenvalue weighted by molar-refractivity contribution is 5.27. The van der Waals surface area contributed by atoms with E-state index >= 15 is 0 Å². The SMILES string of the molecule is CCC(C)CNC1CC1c1ccccc1. The summed E-state index contributed by atoms with van der Waals surface area (Å²) < 4.78 is 0. The van der Waals surface area contributed by atoms with Crippen molar-refractivity contribution < 1.29 is 0 Å². The molecule has 1 nitrogen and oxygen atoms in total. The average molecular weight is 203 g/mol. The van der Waals surface area contributed by atoms with Crippen LogP contribution in [0.5, 0.6) is 0 Å². The first-order chi connectivity index (χ1) is 7.31. The van der Waals surface area contributed by atoms with Crippen LogP contribution < -0.4 is 5.32 Å². The topological polar surface area (TPSA) is 12.0 Å². The van der Waals surface area contributed by atoms with Crippen LogP contribution in [-0.2, 0) is 0 Å². The van der Waals surface area contributed by atoms with Crippen molar-refractivity contribution in [2.75, 3.05) is 6.54 Å². The molecule has 0 heterocycles. The minimum Gasteiger partial charge on any atom is -0.313 e. The summed E-state index contributed by atoms with van der Waals surface area (Å²) in [6.45, 7) is 5.74. The fraction of sp³-hybridized carbons (Fsp3) is 0.571. The van der Waals surface area contributed by atoms with Crippen molar-refractivity contribution >= 4 is 0 Å². The van der Waals surface area contributed by atoms with Crippen molar-refractivity contribution in [3.05, 3.63) is 35.9 Å². The lowest BCUT2D eigenvalue weighted by Crippen LogP contribution is -2.23. The van der Waals surface area contributed by atoms with Gasteiger partial charge in [0.2, 0.25) is 0 Å². The van der Waals surface area contributed by atoms with Gasteiger partial charge < -0.3 is 5.32 Å². The van der Waals surface area contributed by atoms with Crippen LogP contribution in [0.15, 0.2) is 30.3 Å². The number of hydrogen-bond acceptors (Lipinski definition) is 1. The van der Waals surface area contributed by atoms with Crippen molar-refractivity contribution in [2.45, 2.75) is 38.6 Å². The zero-order chi connectivity index (χ0) is 10.7. The van der Waals surface area contributed by atoms with Crippen molar-refractivity contribution in [3.8, 4) is 0 Å². The molecule has 1 aromatic carbocycles. The van der Waals surface area contributed by atoms with E-state index in [1.807, 2.05) is 0 Å². The van der Waals surface area contributed by atoms with Gasteiger partial charge in [-0.3, -0.25) is 0 Å². The Hall–Kier alpha value is -0.820. The van der Waals surface area contributed by atoms with E-state index in [9.17, 15) is 0 Å². The maximum absolute atomic E-state index is 3.66. The predicted molar refractivity (Wildman–Crippen MR) is 65.0 cm³/mol. The largest absolute Gasteiger partial charge is 0.313 e. The third-order valence-electron chi connectivity index (χ3n) is 3.44. The molecule has 0 saturated heterocycles. The third-order valence-corrected chi connectivity index (χ3v) is 3.44. The lowest BCUT2D eigenvalue weighted by molar-refractivity contribution is 0.495. The van der Waals surface area contributed by atoms with E-state index in [-0.39, 0.29) is 0 Å². The summed E-state index contributed by atoms with van der Waals surface area (Å²) >= 11 is 0. The van der Waals surface area contributed by atoms with E-state index in [4.69, 9.17) is 0 Å². The zero-order valence-corrected chi connectivity index (χ0v) is 9.74. The number of nitrogens with one attached hydrogen (secondary N) is 1. The van der Waals surface area contributed by atoms with Crippen molar-refractivity contribution in [2.24, 2.45) is 5.92 Å². The number of rotatable bonds is 5. The van der Waals surface area contributed by atoms with Crippen LogP contribution in [0.25, 0.3) is 0 Å². The molecule has 1 aromatic rings. The van der Waals surface area contributed by atoms with Crippen LogP contribution in [0.4, 0.5) is 0 Å². The van der Waals surface area contributed by atoms with E-state index in [0.29, 0.717) is 0 Å². The zero-order valence-electron chi connectivity index (χ0n) is 9.74. The van der Waals surface area contributed by atoms with Gasteiger partial charge in [0.1, 0.15) is 0 Å². The molecule has 3 atom stereocenters. The molecule has 82 valence electrons. The highest BCUT2D eigenvalue weighted by Gasteiger charge is 2.37. The lowest BCUT2D eigenvalue weighted by Gasteiger charge is -2.09. The Bertz CT molecular complexity index is 293. The fourth-order valence-corrected chi connectivity index (χ4v) is 1.99. The van der Waals surface area contributed by atoms with E-state index in [0.717, 1.165) is 17.9 Å². The average Bonchev–Trinajstić information content (AvgIpc) is 3.06. The first-order valence-corrected chi connectivity index (χ1v) is 6.09. The normalized spacial score (nSPS) is 26.3. The van der Waals surface area contributed by atoms with Crippen molar-refractivity contribution in [1.82, 2.24) is 5.32 Å². The van der Waals surface area contributed by atoms with Crippen LogP contribution in [0.3, 0.4) is 0 Å². The summed E-state index contributed by atoms with van der Waals surface area (Å²) in [5.41, 5.74) is 1.50. The molecule has 3 unspecified atom stereocenters. The highest BCUT2D eigenvalue weighted by Crippen LogP contribution is 2.40. The molecule has 1 saturated carbocycles. The first kappa shape index (κ1) is 10.7. The second kappa shape index (κ2) is 4.80. The minimum atomic E-state index is 0.737. The monoisotopic (exact) mass is 203 g/mol. The maximum atomic E-state index is 3.66. The molecule has 2 rings (SSSR count). The van der Waals surface area contributed by atoms with Gasteiger partial charge in [0, 0.05) is 12.0 Å². The van der Waals surface area contributed by atoms with Gasteiger partial charge in [0.15, 0.2) is 0 Å². The summed E-state index contributed by atoms with van der Waals surface area (Å²) in [5.74, 6) is 1.58.